The minimum absolute atomic E-state index is 0.115. The molecule has 0 fully saturated rings. The van der Waals surface area contributed by atoms with E-state index in [1.807, 2.05) is 45.0 Å². The van der Waals surface area contributed by atoms with Crippen LogP contribution in [0.1, 0.15) is 39.3 Å². The zero-order chi connectivity index (χ0) is 16.7. The minimum Gasteiger partial charge on any atom is -0.348 e. The summed E-state index contributed by atoms with van der Waals surface area (Å²) in [6.45, 7) is 8.75. The second kappa shape index (κ2) is 8.38. The summed E-state index contributed by atoms with van der Waals surface area (Å²) in [7, 11) is 0. The van der Waals surface area contributed by atoms with E-state index < -0.39 is 6.04 Å². The number of benzene rings is 1. The predicted molar refractivity (Wildman–Crippen MR) is 88.6 cm³/mol. The van der Waals surface area contributed by atoms with Gasteiger partial charge in [-0.05, 0) is 45.4 Å². The van der Waals surface area contributed by atoms with Crippen molar-refractivity contribution in [1.82, 2.24) is 10.2 Å². The van der Waals surface area contributed by atoms with E-state index >= 15 is 0 Å². The Bertz CT molecular complexity index is 495. The van der Waals surface area contributed by atoms with Crippen LogP contribution < -0.4 is 16.4 Å². The number of urea groups is 1. The van der Waals surface area contributed by atoms with Crippen LogP contribution in [0.15, 0.2) is 24.3 Å². The van der Waals surface area contributed by atoms with Gasteiger partial charge in [-0.25, -0.2) is 4.79 Å². The number of carbonyl (C=O) groups is 2. The molecule has 6 heteroatoms. The molecule has 0 saturated heterocycles. The predicted octanol–water partition coefficient (Wildman–Crippen LogP) is 2.08. The number of anilines is 1. The number of hydrogen-bond acceptors (Lipinski definition) is 3. The smallest absolute Gasteiger partial charge is 0.321 e. The van der Waals surface area contributed by atoms with Gasteiger partial charge in [0, 0.05) is 18.8 Å². The van der Waals surface area contributed by atoms with Crippen molar-refractivity contribution in [3.05, 3.63) is 29.8 Å². The first kappa shape index (κ1) is 18.0. The van der Waals surface area contributed by atoms with Crippen molar-refractivity contribution < 1.29 is 9.59 Å². The molecule has 1 unspecified atom stereocenters. The highest BCUT2D eigenvalue weighted by molar-refractivity contribution is 5.89. The number of carbonyl (C=O) groups excluding carboxylic acids is 2. The monoisotopic (exact) mass is 306 g/mol. The second-order valence-corrected chi connectivity index (χ2v) is 5.24. The first-order chi connectivity index (χ1) is 10.4. The van der Waals surface area contributed by atoms with Crippen LogP contribution in [0.3, 0.4) is 0 Å². The average Bonchev–Trinajstić information content (AvgIpc) is 2.48. The Morgan fingerprint density at radius 2 is 1.68 bits per heavy atom. The fourth-order valence-corrected chi connectivity index (χ4v) is 2.00. The van der Waals surface area contributed by atoms with Gasteiger partial charge in [-0.1, -0.05) is 12.1 Å². The molecule has 0 aliphatic carbocycles. The van der Waals surface area contributed by atoms with E-state index in [0.29, 0.717) is 13.1 Å². The highest BCUT2D eigenvalue weighted by Crippen LogP contribution is 2.16. The third-order valence-electron chi connectivity index (χ3n) is 3.48. The van der Waals surface area contributed by atoms with Crippen LogP contribution in [0.25, 0.3) is 0 Å². The Morgan fingerprint density at radius 3 is 2.14 bits per heavy atom. The fraction of sp³-hybridized carbons (Fsp3) is 0.500. The lowest BCUT2D eigenvalue weighted by Gasteiger charge is -2.20. The highest BCUT2D eigenvalue weighted by Gasteiger charge is 2.13. The number of amides is 3. The molecule has 3 amide bonds. The van der Waals surface area contributed by atoms with Crippen molar-refractivity contribution in [2.75, 3.05) is 18.4 Å². The molecule has 2 atom stereocenters. The fourth-order valence-electron chi connectivity index (χ4n) is 2.00. The topological polar surface area (TPSA) is 87.5 Å². The number of hydrogen-bond donors (Lipinski definition) is 3. The van der Waals surface area contributed by atoms with Gasteiger partial charge < -0.3 is 21.3 Å². The molecular weight excluding hydrogens is 280 g/mol. The van der Waals surface area contributed by atoms with Gasteiger partial charge in [0.05, 0.1) is 12.1 Å². The van der Waals surface area contributed by atoms with Gasteiger partial charge in [-0.3, -0.25) is 4.79 Å². The second-order valence-electron chi connectivity index (χ2n) is 5.24. The summed E-state index contributed by atoms with van der Waals surface area (Å²) in [5, 5.41) is 5.68. The third kappa shape index (κ3) is 5.04. The van der Waals surface area contributed by atoms with Crippen LogP contribution in [0.2, 0.25) is 0 Å². The van der Waals surface area contributed by atoms with Crippen LogP contribution >= 0.6 is 0 Å². The van der Waals surface area contributed by atoms with Crippen molar-refractivity contribution in [2.24, 2.45) is 5.73 Å². The molecule has 0 bridgehead atoms. The molecule has 0 saturated carbocycles. The summed E-state index contributed by atoms with van der Waals surface area (Å²) in [5.41, 5.74) is 7.21. The molecule has 0 radical (unpaired) electrons. The number of nitrogens with one attached hydrogen (secondary N) is 2. The molecule has 1 aromatic carbocycles. The van der Waals surface area contributed by atoms with Crippen molar-refractivity contribution >= 4 is 17.6 Å². The third-order valence-corrected chi connectivity index (χ3v) is 3.48. The average molecular weight is 306 g/mol. The molecule has 4 N–H and O–H groups in total. The first-order valence-electron chi connectivity index (χ1n) is 7.60. The molecule has 0 spiro atoms. The van der Waals surface area contributed by atoms with Gasteiger partial charge >= 0.3 is 6.03 Å². The van der Waals surface area contributed by atoms with E-state index in [2.05, 4.69) is 10.6 Å². The summed E-state index contributed by atoms with van der Waals surface area (Å²) in [5.74, 6) is -0.189. The molecule has 0 heterocycles. The van der Waals surface area contributed by atoms with E-state index in [0.717, 1.165) is 11.3 Å². The summed E-state index contributed by atoms with van der Waals surface area (Å²) < 4.78 is 0. The zero-order valence-electron chi connectivity index (χ0n) is 13.7. The molecule has 0 aliphatic rings. The van der Waals surface area contributed by atoms with Crippen LogP contribution in [-0.4, -0.2) is 36.0 Å². The standard InChI is InChI=1S/C16H26N4O2/c1-5-20(6-2)16(22)19-14-9-7-13(8-10-14)12(4)18-15(21)11(3)17/h7-12H,5-6,17H2,1-4H3,(H,18,21)(H,19,22)/t11-,12?/m1/s1. The van der Waals surface area contributed by atoms with E-state index in [1.54, 1.807) is 11.8 Å². The Kier molecular flexibility index (Phi) is 6.85. The number of nitrogens with zero attached hydrogens (tertiary/aromatic N) is 1. The Labute approximate surface area is 132 Å². The summed E-state index contributed by atoms with van der Waals surface area (Å²) in [6, 6.07) is 6.63. The first-order valence-corrected chi connectivity index (χ1v) is 7.60. The van der Waals surface area contributed by atoms with Crippen molar-refractivity contribution in [3.8, 4) is 0 Å². The van der Waals surface area contributed by atoms with Crippen molar-refractivity contribution in [2.45, 2.75) is 39.8 Å². The van der Waals surface area contributed by atoms with Crippen LogP contribution in [-0.2, 0) is 4.79 Å². The van der Waals surface area contributed by atoms with Crippen molar-refractivity contribution in [3.63, 3.8) is 0 Å². The molecule has 0 aliphatic heterocycles. The molecular formula is C16H26N4O2. The Hall–Kier alpha value is -2.08. The van der Waals surface area contributed by atoms with E-state index in [-0.39, 0.29) is 18.0 Å². The zero-order valence-corrected chi connectivity index (χ0v) is 13.7. The number of rotatable bonds is 6. The normalized spacial score (nSPS) is 13.1. The Morgan fingerprint density at radius 1 is 1.14 bits per heavy atom. The minimum atomic E-state index is -0.532. The van der Waals surface area contributed by atoms with Gasteiger partial charge in [0.1, 0.15) is 0 Å². The van der Waals surface area contributed by atoms with Gasteiger partial charge in [-0.15, -0.1) is 0 Å². The highest BCUT2D eigenvalue weighted by atomic mass is 16.2. The maximum atomic E-state index is 12.0. The van der Waals surface area contributed by atoms with E-state index in [4.69, 9.17) is 5.73 Å². The Balaban J connectivity index is 2.66. The molecule has 1 rings (SSSR count). The van der Waals surface area contributed by atoms with Crippen molar-refractivity contribution in [1.29, 1.82) is 0 Å². The van der Waals surface area contributed by atoms with Crippen LogP contribution in [0, 0.1) is 0 Å². The molecule has 0 aromatic heterocycles. The van der Waals surface area contributed by atoms with Gasteiger partial charge in [0.15, 0.2) is 0 Å². The molecule has 1 aromatic rings. The maximum absolute atomic E-state index is 12.0. The summed E-state index contributed by atoms with van der Waals surface area (Å²) in [6.07, 6.45) is 0. The lowest BCUT2D eigenvalue weighted by atomic mass is 10.1. The SMILES string of the molecule is CCN(CC)C(=O)Nc1ccc(C(C)NC(=O)[C@@H](C)N)cc1. The lowest BCUT2D eigenvalue weighted by Crippen LogP contribution is -2.39. The van der Waals surface area contributed by atoms with Crippen LogP contribution in [0.5, 0.6) is 0 Å². The summed E-state index contributed by atoms with van der Waals surface area (Å²) >= 11 is 0. The van der Waals surface area contributed by atoms with Crippen LogP contribution in [0.4, 0.5) is 10.5 Å². The van der Waals surface area contributed by atoms with E-state index in [1.165, 1.54) is 0 Å². The maximum Gasteiger partial charge on any atom is 0.321 e. The van der Waals surface area contributed by atoms with Gasteiger partial charge in [-0.2, -0.15) is 0 Å². The lowest BCUT2D eigenvalue weighted by molar-refractivity contribution is -0.122. The molecule has 22 heavy (non-hydrogen) atoms. The largest absolute Gasteiger partial charge is 0.348 e. The van der Waals surface area contributed by atoms with Gasteiger partial charge in [0.25, 0.3) is 0 Å². The van der Waals surface area contributed by atoms with E-state index in [9.17, 15) is 9.59 Å². The number of nitrogens with two attached hydrogens (primary N) is 1. The molecule has 6 nitrogen and oxygen atoms in total. The summed E-state index contributed by atoms with van der Waals surface area (Å²) in [4.78, 5) is 25.2. The molecule has 122 valence electrons. The quantitative estimate of drug-likeness (QED) is 0.752. The van der Waals surface area contributed by atoms with Gasteiger partial charge in [0.2, 0.25) is 5.91 Å².